The number of rotatable bonds is 3. The summed E-state index contributed by atoms with van der Waals surface area (Å²) in [5.74, 6) is 0. The van der Waals surface area contributed by atoms with Gasteiger partial charge in [-0.15, -0.1) is 0 Å². The first-order valence-corrected chi connectivity index (χ1v) is 2.85. The number of hydrogen-bond donors (Lipinski definition) is 3. The zero-order valence-corrected chi connectivity index (χ0v) is 5.54. The summed E-state index contributed by atoms with van der Waals surface area (Å²) in [7, 11) is 0. The van der Waals surface area contributed by atoms with Crippen LogP contribution in [0.25, 0.3) is 0 Å². The maximum atomic E-state index is 9.05. The molecule has 55 valence electrons. The highest BCUT2D eigenvalue weighted by Crippen LogP contribution is 2.10. The van der Waals surface area contributed by atoms with Crippen LogP contribution in [-0.2, 0) is 0 Å². The summed E-state index contributed by atoms with van der Waals surface area (Å²) < 4.78 is 0. The molecule has 3 N–H and O–H groups in total. The second-order valence-electron chi connectivity index (χ2n) is 2.32. The highest BCUT2D eigenvalue weighted by atomic mass is 16.4. The van der Waals surface area contributed by atoms with Gasteiger partial charge < -0.3 is 15.3 Å². The van der Waals surface area contributed by atoms with Crippen LogP contribution >= 0.6 is 0 Å². The minimum Gasteiger partial charge on any atom is -0.393 e. The second-order valence-corrected chi connectivity index (χ2v) is 2.32. The van der Waals surface area contributed by atoms with Crippen molar-refractivity contribution in [2.75, 3.05) is 6.61 Å². The van der Waals surface area contributed by atoms with Crippen LogP contribution in [0.5, 0.6) is 0 Å². The summed E-state index contributed by atoms with van der Waals surface area (Å²) in [6.07, 6.45) is -0.740. The van der Waals surface area contributed by atoms with Gasteiger partial charge in [-0.25, -0.2) is 0 Å². The summed E-state index contributed by atoms with van der Waals surface area (Å²) in [6, 6.07) is 0. The fourth-order valence-electron chi connectivity index (χ4n) is 0.416. The van der Waals surface area contributed by atoms with Gasteiger partial charge in [0, 0.05) is 0 Å². The Morgan fingerprint density at radius 1 is 1.67 bits per heavy atom. The molecule has 0 spiro atoms. The lowest BCUT2D eigenvalue weighted by molar-refractivity contribution is -0.0904. The van der Waals surface area contributed by atoms with Crippen molar-refractivity contribution in [2.45, 2.75) is 25.0 Å². The van der Waals surface area contributed by atoms with Crippen molar-refractivity contribution in [1.82, 2.24) is 0 Å². The van der Waals surface area contributed by atoms with Gasteiger partial charge in [0.2, 0.25) is 0 Å². The molecule has 0 aromatic carbocycles. The van der Waals surface area contributed by atoms with Crippen molar-refractivity contribution < 1.29 is 15.3 Å². The first kappa shape index (κ1) is 8.88. The van der Waals surface area contributed by atoms with Crippen LogP contribution in [0.2, 0.25) is 0 Å². The van der Waals surface area contributed by atoms with Gasteiger partial charge in [-0.2, -0.15) is 0 Å². The smallest absolute Gasteiger partial charge is 0.111 e. The molecular weight excluding hydrogens is 120 g/mol. The maximum absolute atomic E-state index is 9.05. The van der Waals surface area contributed by atoms with E-state index in [0.29, 0.717) is 0 Å². The predicted octanol–water partition coefficient (Wildman–Crippen LogP) is -0.685. The van der Waals surface area contributed by atoms with Gasteiger partial charge in [0.05, 0.1) is 12.7 Å². The van der Waals surface area contributed by atoms with E-state index in [0.717, 1.165) is 0 Å². The van der Waals surface area contributed by atoms with Crippen molar-refractivity contribution in [1.29, 1.82) is 0 Å². The Bertz CT molecular complexity index is 80.4. The van der Waals surface area contributed by atoms with E-state index in [4.69, 9.17) is 15.3 Å². The SMILES string of the molecule is [CH2]CC(O)C(C)(O)CO. The summed E-state index contributed by atoms with van der Waals surface area (Å²) in [4.78, 5) is 0. The van der Waals surface area contributed by atoms with Gasteiger partial charge in [0.1, 0.15) is 5.60 Å². The van der Waals surface area contributed by atoms with Crippen molar-refractivity contribution in [3.05, 3.63) is 6.92 Å². The Balaban J connectivity index is 3.80. The maximum Gasteiger partial charge on any atom is 0.111 e. The molecule has 0 amide bonds. The fourth-order valence-corrected chi connectivity index (χ4v) is 0.416. The van der Waals surface area contributed by atoms with E-state index in [9.17, 15) is 0 Å². The Labute approximate surface area is 54.9 Å². The molecular formula is C6H13O3. The van der Waals surface area contributed by atoms with Crippen LogP contribution in [0, 0.1) is 6.92 Å². The quantitative estimate of drug-likeness (QED) is 0.478. The first-order chi connectivity index (χ1) is 4.04. The summed E-state index contributed by atoms with van der Waals surface area (Å²) in [5.41, 5.74) is -1.40. The highest BCUT2D eigenvalue weighted by molar-refractivity contribution is 4.80. The molecule has 0 aliphatic rings. The first-order valence-electron chi connectivity index (χ1n) is 2.85. The van der Waals surface area contributed by atoms with E-state index in [2.05, 4.69) is 6.92 Å². The molecule has 0 saturated heterocycles. The minimum absolute atomic E-state index is 0.202. The third-order valence-electron chi connectivity index (χ3n) is 1.31. The molecule has 0 aliphatic carbocycles. The van der Waals surface area contributed by atoms with Crippen LogP contribution in [0.1, 0.15) is 13.3 Å². The monoisotopic (exact) mass is 133 g/mol. The summed E-state index contributed by atoms with van der Waals surface area (Å²) in [6.45, 7) is 4.30. The van der Waals surface area contributed by atoms with E-state index in [-0.39, 0.29) is 6.42 Å². The van der Waals surface area contributed by atoms with E-state index in [1.807, 2.05) is 0 Å². The molecule has 0 saturated carbocycles. The van der Waals surface area contributed by atoms with E-state index in [1.165, 1.54) is 6.92 Å². The number of aliphatic hydroxyl groups is 3. The molecule has 1 radical (unpaired) electrons. The van der Waals surface area contributed by atoms with Crippen molar-refractivity contribution in [2.24, 2.45) is 0 Å². The molecule has 0 aliphatic heterocycles. The molecule has 0 bridgehead atoms. The number of aliphatic hydroxyl groups excluding tert-OH is 2. The summed E-state index contributed by atoms with van der Waals surface area (Å²) in [5, 5.41) is 26.4. The average molecular weight is 133 g/mol. The molecule has 2 unspecified atom stereocenters. The standard InChI is InChI=1S/C6H13O3/c1-3-5(8)6(2,9)4-7/h5,7-9H,1,3-4H2,2H3. The van der Waals surface area contributed by atoms with Gasteiger partial charge in [0.25, 0.3) is 0 Å². The lowest BCUT2D eigenvalue weighted by Gasteiger charge is -2.25. The largest absolute Gasteiger partial charge is 0.393 e. The Kier molecular flexibility index (Phi) is 3.11. The molecule has 3 heteroatoms. The van der Waals surface area contributed by atoms with Gasteiger partial charge in [-0.1, -0.05) is 6.92 Å². The lowest BCUT2D eigenvalue weighted by atomic mass is 9.99. The molecule has 0 aromatic rings. The fraction of sp³-hybridized carbons (Fsp3) is 0.833. The topological polar surface area (TPSA) is 60.7 Å². The Morgan fingerprint density at radius 2 is 2.11 bits per heavy atom. The lowest BCUT2D eigenvalue weighted by Crippen LogP contribution is -2.42. The highest BCUT2D eigenvalue weighted by Gasteiger charge is 2.27. The van der Waals surface area contributed by atoms with Crippen LogP contribution in [0.4, 0.5) is 0 Å². The molecule has 0 heterocycles. The van der Waals surface area contributed by atoms with Crippen LogP contribution in [0.3, 0.4) is 0 Å². The molecule has 0 fully saturated rings. The average Bonchev–Trinajstić information content (AvgIpc) is 1.86. The predicted molar refractivity (Wildman–Crippen MR) is 33.7 cm³/mol. The van der Waals surface area contributed by atoms with Crippen molar-refractivity contribution >= 4 is 0 Å². The van der Waals surface area contributed by atoms with E-state index < -0.39 is 18.3 Å². The third-order valence-corrected chi connectivity index (χ3v) is 1.31. The van der Waals surface area contributed by atoms with Gasteiger partial charge in [0.15, 0.2) is 0 Å². The Morgan fingerprint density at radius 3 is 2.22 bits per heavy atom. The molecule has 0 aromatic heterocycles. The van der Waals surface area contributed by atoms with Crippen LogP contribution in [0.15, 0.2) is 0 Å². The molecule has 2 atom stereocenters. The third kappa shape index (κ3) is 2.30. The normalized spacial score (nSPS) is 21.0. The van der Waals surface area contributed by atoms with Crippen molar-refractivity contribution in [3.63, 3.8) is 0 Å². The van der Waals surface area contributed by atoms with Gasteiger partial charge in [-0.05, 0) is 13.3 Å². The Hall–Kier alpha value is -0.120. The minimum atomic E-state index is -1.40. The molecule has 3 nitrogen and oxygen atoms in total. The molecule has 9 heavy (non-hydrogen) atoms. The second kappa shape index (κ2) is 3.15. The van der Waals surface area contributed by atoms with E-state index in [1.54, 1.807) is 0 Å². The summed E-state index contributed by atoms with van der Waals surface area (Å²) >= 11 is 0. The van der Waals surface area contributed by atoms with Gasteiger partial charge in [-0.3, -0.25) is 0 Å². The number of hydrogen-bond acceptors (Lipinski definition) is 3. The van der Waals surface area contributed by atoms with E-state index >= 15 is 0 Å². The zero-order valence-electron chi connectivity index (χ0n) is 5.54. The van der Waals surface area contributed by atoms with Crippen LogP contribution in [-0.4, -0.2) is 33.6 Å². The zero-order chi connectivity index (χ0) is 7.49. The van der Waals surface area contributed by atoms with Crippen LogP contribution < -0.4 is 0 Å². The molecule has 0 rings (SSSR count). The van der Waals surface area contributed by atoms with Crippen molar-refractivity contribution in [3.8, 4) is 0 Å². The van der Waals surface area contributed by atoms with Gasteiger partial charge >= 0.3 is 0 Å².